The Morgan fingerprint density at radius 2 is 1.74 bits per heavy atom. The number of likely N-dealkylation sites (tertiary alicyclic amines) is 1. The van der Waals surface area contributed by atoms with Crippen LogP contribution in [-0.4, -0.2) is 97.1 Å². The van der Waals surface area contributed by atoms with E-state index < -0.39 is 17.7 Å². The summed E-state index contributed by atoms with van der Waals surface area (Å²) in [7, 11) is 0. The van der Waals surface area contributed by atoms with Crippen LogP contribution in [0.25, 0.3) is 0 Å². The number of imide groups is 1. The molecule has 4 rings (SSSR count). The molecule has 1 aromatic carbocycles. The zero-order chi connectivity index (χ0) is 28.0. The summed E-state index contributed by atoms with van der Waals surface area (Å²) < 4.78 is 5.33. The van der Waals surface area contributed by atoms with Crippen molar-refractivity contribution >= 4 is 35.2 Å². The monoisotopic (exact) mass is 542 g/mol. The molecule has 3 N–H and O–H groups in total. The molecule has 3 fully saturated rings. The maximum atomic E-state index is 12.8. The van der Waals surface area contributed by atoms with Crippen LogP contribution in [0.1, 0.15) is 52.9 Å². The van der Waals surface area contributed by atoms with E-state index in [4.69, 9.17) is 4.74 Å². The Balaban J connectivity index is 1.15. The van der Waals surface area contributed by atoms with Gasteiger partial charge in [-0.25, -0.2) is 4.79 Å². The molecule has 4 amide bonds. The fourth-order valence-electron chi connectivity index (χ4n) is 5.21. The maximum Gasteiger partial charge on any atom is 0.407 e. The highest BCUT2D eigenvalue weighted by Crippen LogP contribution is 2.23. The Kier molecular flexibility index (Phi) is 9.32. The van der Waals surface area contributed by atoms with Crippen molar-refractivity contribution in [1.82, 2.24) is 20.4 Å². The van der Waals surface area contributed by atoms with Gasteiger partial charge in [-0.1, -0.05) is 6.07 Å². The zero-order valence-electron chi connectivity index (χ0n) is 23.3. The molecule has 11 nitrogen and oxygen atoms in total. The zero-order valence-corrected chi connectivity index (χ0v) is 23.3. The number of piperazine rings is 1. The third-order valence-electron chi connectivity index (χ3n) is 7.37. The van der Waals surface area contributed by atoms with Crippen molar-refractivity contribution in [1.29, 1.82) is 0 Å². The molecule has 0 bridgehead atoms. The summed E-state index contributed by atoms with van der Waals surface area (Å²) >= 11 is 0. The van der Waals surface area contributed by atoms with Crippen LogP contribution in [0, 0.1) is 0 Å². The molecular formula is C28H42N6O5. The van der Waals surface area contributed by atoms with Gasteiger partial charge in [-0.2, -0.15) is 0 Å². The Morgan fingerprint density at radius 1 is 1.03 bits per heavy atom. The number of rotatable bonds is 7. The van der Waals surface area contributed by atoms with Gasteiger partial charge in [0.2, 0.25) is 17.7 Å². The maximum absolute atomic E-state index is 12.8. The quantitative estimate of drug-likeness (QED) is 0.447. The topological polar surface area (TPSA) is 123 Å². The SMILES string of the molecule is CC(C)(C)OC(=O)NC1CCN(C(=O)CCN2CCN(c3cccc(NC4CCC(=O)NC4=O)c3)CC2)CC1. The fourth-order valence-corrected chi connectivity index (χ4v) is 5.21. The van der Waals surface area contributed by atoms with Crippen LogP contribution in [0.3, 0.4) is 0 Å². The minimum Gasteiger partial charge on any atom is -0.444 e. The number of nitrogens with one attached hydrogen (secondary N) is 3. The van der Waals surface area contributed by atoms with E-state index in [-0.39, 0.29) is 23.8 Å². The summed E-state index contributed by atoms with van der Waals surface area (Å²) in [5, 5.41) is 8.56. The molecule has 0 aliphatic carbocycles. The molecule has 1 aromatic rings. The molecule has 3 aliphatic heterocycles. The first-order valence-corrected chi connectivity index (χ1v) is 14.0. The van der Waals surface area contributed by atoms with Crippen LogP contribution in [0.2, 0.25) is 0 Å². The average Bonchev–Trinajstić information content (AvgIpc) is 2.89. The van der Waals surface area contributed by atoms with Gasteiger partial charge in [0.15, 0.2) is 0 Å². The van der Waals surface area contributed by atoms with Crippen LogP contribution in [0.5, 0.6) is 0 Å². The predicted octanol–water partition coefficient (Wildman–Crippen LogP) is 1.93. The molecule has 214 valence electrons. The lowest BCUT2D eigenvalue weighted by atomic mass is 10.0. The number of ether oxygens (including phenoxy) is 1. The lowest BCUT2D eigenvalue weighted by Crippen LogP contribution is -2.49. The summed E-state index contributed by atoms with van der Waals surface area (Å²) in [6.45, 7) is 11.0. The number of benzene rings is 1. The molecule has 11 heteroatoms. The van der Waals surface area contributed by atoms with Crippen molar-refractivity contribution in [2.24, 2.45) is 0 Å². The second-order valence-electron chi connectivity index (χ2n) is 11.6. The van der Waals surface area contributed by atoms with Crippen molar-refractivity contribution in [2.75, 3.05) is 56.0 Å². The van der Waals surface area contributed by atoms with Crippen molar-refractivity contribution in [3.8, 4) is 0 Å². The van der Waals surface area contributed by atoms with E-state index in [9.17, 15) is 19.2 Å². The minimum absolute atomic E-state index is 0.0368. The third kappa shape index (κ3) is 8.58. The van der Waals surface area contributed by atoms with Crippen molar-refractivity contribution in [2.45, 2.75) is 70.6 Å². The standard InChI is InChI=1S/C28H42N6O5/c1-28(2,3)39-27(38)30-20-9-13-34(14-10-20)25(36)11-12-32-15-17-33(18-16-32)22-6-4-5-21(19-22)29-23-7-8-24(35)31-26(23)37/h4-6,19-20,23,29H,7-18H2,1-3H3,(H,30,38)(H,31,35,37). The first-order chi connectivity index (χ1) is 18.6. The fraction of sp³-hybridized carbons (Fsp3) is 0.643. The summed E-state index contributed by atoms with van der Waals surface area (Å²) in [5.74, 6) is -0.328. The van der Waals surface area contributed by atoms with Gasteiger partial charge in [-0.3, -0.25) is 24.6 Å². The Labute approximate surface area is 230 Å². The third-order valence-corrected chi connectivity index (χ3v) is 7.37. The molecule has 1 unspecified atom stereocenters. The first-order valence-electron chi connectivity index (χ1n) is 14.0. The van der Waals surface area contributed by atoms with Gasteiger partial charge in [0.25, 0.3) is 0 Å². The average molecular weight is 543 g/mol. The van der Waals surface area contributed by atoms with Crippen LogP contribution in [-0.2, 0) is 19.1 Å². The van der Waals surface area contributed by atoms with Gasteiger partial charge >= 0.3 is 6.09 Å². The first kappa shape index (κ1) is 28.7. The van der Waals surface area contributed by atoms with Crippen LogP contribution in [0.4, 0.5) is 16.2 Å². The Hall–Kier alpha value is -3.34. The molecule has 3 saturated heterocycles. The number of piperidine rings is 2. The van der Waals surface area contributed by atoms with Crippen LogP contribution in [0.15, 0.2) is 24.3 Å². The van der Waals surface area contributed by atoms with Crippen LogP contribution >= 0.6 is 0 Å². The number of anilines is 2. The lowest BCUT2D eigenvalue weighted by Gasteiger charge is -2.37. The number of amides is 4. The van der Waals surface area contributed by atoms with Crippen molar-refractivity contribution < 1.29 is 23.9 Å². The lowest BCUT2D eigenvalue weighted by molar-refractivity contribution is -0.134. The van der Waals surface area contributed by atoms with Crippen LogP contribution < -0.4 is 20.9 Å². The van der Waals surface area contributed by atoms with Crippen molar-refractivity contribution in [3.63, 3.8) is 0 Å². The highest BCUT2D eigenvalue weighted by atomic mass is 16.6. The van der Waals surface area contributed by atoms with Gasteiger partial charge in [0, 0.05) is 76.1 Å². The van der Waals surface area contributed by atoms with E-state index in [0.717, 1.165) is 56.9 Å². The molecule has 0 saturated carbocycles. The van der Waals surface area contributed by atoms with Gasteiger partial charge in [-0.05, 0) is 58.2 Å². The van der Waals surface area contributed by atoms with E-state index in [1.54, 1.807) is 0 Å². The number of nitrogens with zero attached hydrogens (tertiary/aromatic N) is 3. The molecule has 0 radical (unpaired) electrons. The number of carbonyl (C=O) groups is 4. The Bertz CT molecular complexity index is 1040. The summed E-state index contributed by atoms with van der Waals surface area (Å²) in [5.41, 5.74) is 1.43. The van der Waals surface area contributed by atoms with E-state index in [0.29, 0.717) is 32.4 Å². The molecule has 0 spiro atoms. The molecule has 3 aliphatic rings. The summed E-state index contributed by atoms with van der Waals surface area (Å²) in [6.07, 6.45) is 2.41. The summed E-state index contributed by atoms with van der Waals surface area (Å²) in [4.78, 5) is 54.8. The number of hydrogen-bond donors (Lipinski definition) is 3. The Morgan fingerprint density at radius 3 is 2.41 bits per heavy atom. The van der Waals surface area contributed by atoms with Gasteiger partial charge in [0.05, 0.1) is 0 Å². The van der Waals surface area contributed by atoms with E-state index >= 15 is 0 Å². The van der Waals surface area contributed by atoms with Gasteiger partial charge in [0.1, 0.15) is 11.6 Å². The summed E-state index contributed by atoms with van der Waals surface area (Å²) in [6, 6.07) is 7.65. The highest BCUT2D eigenvalue weighted by molar-refractivity contribution is 6.01. The molecule has 1 atom stereocenters. The predicted molar refractivity (Wildman–Crippen MR) is 148 cm³/mol. The van der Waals surface area contributed by atoms with Gasteiger partial charge in [-0.15, -0.1) is 0 Å². The van der Waals surface area contributed by atoms with Crippen molar-refractivity contribution in [3.05, 3.63) is 24.3 Å². The molecular weight excluding hydrogens is 500 g/mol. The molecule has 3 heterocycles. The highest BCUT2D eigenvalue weighted by Gasteiger charge is 2.28. The van der Waals surface area contributed by atoms with E-state index in [1.807, 2.05) is 43.9 Å². The number of hydrogen-bond acceptors (Lipinski definition) is 8. The largest absolute Gasteiger partial charge is 0.444 e. The second kappa shape index (κ2) is 12.7. The van der Waals surface area contributed by atoms with E-state index in [2.05, 4.69) is 31.8 Å². The number of carbonyl (C=O) groups excluding carboxylic acids is 4. The second-order valence-corrected chi connectivity index (χ2v) is 11.6. The minimum atomic E-state index is -0.523. The molecule has 39 heavy (non-hydrogen) atoms. The number of alkyl carbamates (subject to hydrolysis) is 1. The molecule has 0 aromatic heterocycles. The smallest absolute Gasteiger partial charge is 0.407 e. The van der Waals surface area contributed by atoms with Gasteiger partial charge < -0.3 is 25.2 Å². The van der Waals surface area contributed by atoms with E-state index in [1.165, 1.54) is 0 Å². The normalized spacial score (nSPS) is 21.4.